The van der Waals surface area contributed by atoms with Gasteiger partial charge in [0.05, 0.1) is 19.6 Å². The Kier molecular flexibility index (Phi) is 6.19. The second-order valence-electron chi connectivity index (χ2n) is 7.37. The average molecular weight is 357 g/mol. The summed E-state index contributed by atoms with van der Waals surface area (Å²) in [5.74, 6) is -0.245. The SMILES string of the molecule is COC(=O)CC(C)O[Si](c1ccccc1)(c1ccccc1)C(C)(C)C. The van der Waals surface area contributed by atoms with Crippen LogP contribution in [0.3, 0.4) is 0 Å². The summed E-state index contributed by atoms with van der Waals surface area (Å²) in [5.41, 5.74) is 0. The van der Waals surface area contributed by atoms with Crippen LogP contribution in [0.25, 0.3) is 0 Å². The van der Waals surface area contributed by atoms with Gasteiger partial charge in [0.2, 0.25) is 0 Å². The third-order valence-corrected chi connectivity index (χ3v) is 9.64. The molecule has 0 aromatic heterocycles. The summed E-state index contributed by atoms with van der Waals surface area (Å²) in [6.45, 7) is 8.63. The van der Waals surface area contributed by atoms with Crippen molar-refractivity contribution in [2.75, 3.05) is 7.11 Å². The molecule has 0 aliphatic carbocycles. The lowest BCUT2D eigenvalue weighted by atomic mass is 10.2. The molecule has 134 valence electrons. The van der Waals surface area contributed by atoms with Gasteiger partial charge in [-0.3, -0.25) is 4.79 Å². The molecule has 0 spiro atoms. The zero-order chi connectivity index (χ0) is 18.5. The van der Waals surface area contributed by atoms with Crippen molar-refractivity contribution in [1.82, 2.24) is 0 Å². The maximum absolute atomic E-state index is 11.7. The van der Waals surface area contributed by atoms with Crippen molar-refractivity contribution >= 4 is 24.7 Å². The Morgan fingerprint density at radius 2 is 1.40 bits per heavy atom. The average Bonchev–Trinajstić information content (AvgIpc) is 2.60. The summed E-state index contributed by atoms with van der Waals surface area (Å²) in [4.78, 5) is 11.7. The zero-order valence-corrected chi connectivity index (χ0v) is 16.8. The molecule has 2 aromatic rings. The van der Waals surface area contributed by atoms with Gasteiger partial charge in [-0.25, -0.2) is 0 Å². The molecule has 0 radical (unpaired) electrons. The number of ether oxygens (including phenoxy) is 1. The standard InChI is InChI=1S/C21H28O3Si/c1-17(16-20(22)23-5)24-25(21(2,3)4,18-12-8-6-9-13-18)19-14-10-7-11-15-19/h6-15,17H,16H2,1-5H3. The number of benzene rings is 2. The Bertz CT molecular complexity index is 638. The highest BCUT2D eigenvalue weighted by molar-refractivity contribution is 6.99. The first kappa shape index (κ1) is 19.4. The lowest BCUT2D eigenvalue weighted by Crippen LogP contribution is -2.67. The molecular weight excluding hydrogens is 328 g/mol. The summed E-state index contributed by atoms with van der Waals surface area (Å²) >= 11 is 0. The van der Waals surface area contributed by atoms with Crippen molar-refractivity contribution in [2.45, 2.75) is 45.3 Å². The van der Waals surface area contributed by atoms with Crippen molar-refractivity contribution in [2.24, 2.45) is 0 Å². The predicted molar refractivity (Wildman–Crippen MR) is 105 cm³/mol. The summed E-state index contributed by atoms with van der Waals surface area (Å²) in [6.07, 6.45) is 0.0276. The molecule has 0 saturated heterocycles. The van der Waals surface area contributed by atoms with E-state index in [1.165, 1.54) is 17.5 Å². The van der Waals surface area contributed by atoms with E-state index in [9.17, 15) is 4.79 Å². The zero-order valence-electron chi connectivity index (χ0n) is 15.8. The van der Waals surface area contributed by atoms with Gasteiger partial charge in [0.15, 0.2) is 0 Å². The van der Waals surface area contributed by atoms with Gasteiger partial charge < -0.3 is 9.16 Å². The normalized spacial score (nSPS) is 13.3. The van der Waals surface area contributed by atoms with Crippen LogP contribution in [0.5, 0.6) is 0 Å². The van der Waals surface area contributed by atoms with Crippen LogP contribution in [-0.4, -0.2) is 27.5 Å². The molecule has 0 aliphatic heterocycles. The fourth-order valence-corrected chi connectivity index (χ4v) is 8.05. The Labute approximate surface area is 152 Å². The van der Waals surface area contributed by atoms with Gasteiger partial charge in [-0.2, -0.15) is 0 Å². The Morgan fingerprint density at radius 3 is 1.76 bits per heavy atom. The second kappa shape index (κ2) is 7.98. The molecule has 1 atom stereocenters. The largest absolute Gasteiger partial charge is 0.469 e. The minimum atomic E-state index is -2.60. The third-order valence-electron chi connectivity index (χ3n) is 4.48. The van der Waals surface area contributed by atoms with Crippen LogP contribution < -0.4 is 10.4 Å². The van der Waals surface area contributed by atoms with E-state index in [1.54, 1.807) is 0 Å². The number of hydrogen-bond donors (Lipinski definition) is 0. The fraction of sp³-hybridized carbons (Fsp3) is 0.381. The number of carbonyl (C=O) groups excluding carboxylic acids is 1. The highest BCUT2D eigenvalue weighted by Crippen LogP contribution is 2.37. The minimum absolute atomic E-state index is 0.0971. The maximum Gasteiger partial charge on any atom is 0.308 e. The fourth-order valence-electron chi connectivity index (χ4n) is 3.35. The smallest absolute Gasteiger partial charge is 0.308 e. The van der Waals surface area contributed by atoms with Crippen LogP contribution in [0.4, 0.5) is 0 Å². The summed E-state index contributed by atoms with van der Waals surface area (Å²) < 4.78 is 11.6. The first-order chi connectivity index (χ1) is 11.8. The molecule has 25 heavy (non-hydrogen) atoms. The van der Waals surface area contributed by atoms with E-state index in [0.717, 1.165) is 0 Å². The van der Waals surface area contributed by atoms with Crippen LogP contribution in [0.2, 0.25) is 5.04 Å². The van der Waals surface area contributed by atoms with Gasteiger partial charge in [-0.05, 0) is 22.3 Å². The van der Waals surface area contributed by atoms with Gasteiger partial charge in [0, 0.05) is 0 Å². The monoisotopic (exact) mass is 356 g/mol. The van der Waals surface area contributed by atoms with E-state index in [2.05, 4.69) is 69.3 Å². The lowest BCUT2D eigenvalue weighted by Gasteiger charge is -2.44. The number of carbonyl (C=O) groups is 1. The van der Waals surface area contributed by atoms with Crippen molar-refractivity contribution < 1.29 is 14.0 Å². The van der Waals surface area contributed by atoms with Gasteiger partial charge in [-0.15, -0.1) is 0 Å². The van der Waals surface area contributed by atoms with Gasteiger partial charge in [0.25, 0.3) is 8.32 Å². The molecule has 0 bridgehead atoms. The van der Waals surface area contributed by atoms with Crippen LogP contribution in [0.1, 0.15) is 34.1 Å². The number of esters is 1. The molecule has 2 aromatic carbocycles. The number of hydrogen-bond acceptors (Lipinski definition) is 3. The highest BCUT2D eigenvalue weighted by atomic mass is 28.4. The lowest BCUT2D eigenvalue weighted by molar-refractivity contribution is -0.142. The molecule has 2 rings (SSSR count). The molecule has 0 fully saturated rings. The number of rotatable bonds is 6. The van der Waals surface area contributed by atoms with E-state index >= 15 is 0 Å². The van der Waals surface area contributed by atoms with E-state index < -0.39 is 8.32 Å². The number of methoxy groups -OCH3 is 1. The molecule has 0 heterocycles. The quantitative estimate of drug-likeness (QED) is 0.587. The van der Waals surface area contributed by atoms with E-state index in [1.807, 2.05) is 19.1 Å². The summed E-state index contributed by atoms with van der Waals surface area (Å²) in [6, 6.07) is 20.9. The van der Waals surface area contributed by atoms with Crippen LogP contribution in [0, 0.1) is 0 Å². The van der Waals surface area contributed by atoms with Crippen LogP contribution in [0.15, 0.2) is 60.7 Å². The minimum Gasteiger partial charge on any atom is -0.469 e. The Hall–Kier alpha value is -1.91. The topological polar surface area (TPSA) is 35.5 Å². The van der Waals surface area contributed by atoms with E-state index in [0.29, 0.717) is 0 Å². The van der Waals surface area contributed by atoms with Gasteiger partial charge in [0.1, 0.15) is 0 Å². The van der Waals surface area contributed by atoms with E-state index in [4.69, 9.17) is 9.16 Å². The Balaban J connectivity index is 2.58. The summed E-state index contributed by atoms with van der Waals surface area (Å²) in [7, 11) is -1.19. The molecule has 1 unspecified atom stereocenters. The van der Waals surface area contributed by atoms with Crippen molar-refractivity contribution in [1.29, 1.82) is 0 Å². The van der Waals surface area contributed by atoms with Gasteiger partial charge >= 0.3 is 5.97 Å². The molecule has 4 heteroatoms. The maximum atomic E-state index is 11.7. The molecule has 3 nitrogen and oxygen atoms in total. The molecule has 0 amide bonds. The van der Waals surface area contributed by atoms with Crippen LogP contribution in [-0.2, 0) is 14.0 Å². The second-order valence-corrected chi connectivity index (χ2v) is 11.6. The van der Waals surface area contributed by atoms with Crippen molar-refractivity contribution in [3.63, 3.8) is 0 Å². The molecule has 0 N–H and O–H groups in total. The van der Waals surface area contributed by atoms with Crippen molar-refractivity contribution in [3.05, 3.63) is 60.7 Å². The Morgan fingerprint density at radius 1 is 0.960 bits per heavy atom. The predicted octanol–water partition coefficient (Wildman–Crippen LogP) is 3.51. The molecule has 0 aliphatic rings. The van der Waals surface area contributed by atoms with Crippen LogP contribution >= 0.6 is 0 Å². The van der Waals surface area contributed by atoms with Crippen molar-refractivity contribution in [3.8, 4) is 0 Å². The summed E-state index contributed by atoms with van der Waals surface area (Å²) in [5, 5.41) is 2.33. The van der Waals surface area contributed by atoms with E-state index in [-0.39, 0.29) is 23.5 Å². The van der Waals surface area contributed by atoms with Gasteiger partial charge in [-0.1, -0.05) is 81.4 Å². The molecule has 0 saturated carbocycles. The first-order valence-corrected chi connectivity index (χ1v) is 10.6. The molecular formula is C21H28O3Si. The highest BCUT2D eigenvalue weighted by Gasteiger charge is 2.51. The third kappa shape index (κ3) is 4.20. The first-order valence-electron chi connectivity index (χ1n) is 8.67.